The number of nitrogens with zero attached hydrogens (tertiary/aromatic N) is 1. The Balaban J connectivity index is 2.03. The molecule has 0 saturated heterocycles. The summed E-state index contributed by atoms with van der Waals surface area (Å²) < 4.78 is 0.576. The number of urea groups is 1. The fourth-order valence-corrected chi connectivity index (χ4v) is 2.51. The van der Waals surface area contributed by atoms with Gasteiger partial charge in [-0.3, -0.25) is 0 Å². The number of halogens is 1. The summed E-state index contributed by atoms with van der Waals surface area (Å²) in [5, 5.41) is 36.1. The third kappa shape index (κ3) is 4.66. The molecule has 0 spiro atoms. The van der Waals surface area contributed by atoms with Gasteiger partial charge in [-0.05, 0) is 59.1 Å². The molecule has 0 unspecified atom stereocenters. The van der Waals surface area contributed by atoms with Gasteiger partial charge in [0, 0.05) is 17.7 Å². The predicted octanol–water partition coefficient (Wildman–Crippen LogP) is 3.49. The van der Waals surface area contributed by atoms with Gasteiger partial charge in [-0.25, -0.2) is 10.2 Å². The number of phenols is 3. The van der Waals surface area contributed by atoms with Crippen LogP contribution in [0.5, 0.6) is 17.2 Å². The van der Waals surface area contributed by atoms with Crippen molar-refractivity contribution in [1.82, 2.24) is 10.7 Å². The minimum atomic E-state index is -0.520. The average molecular weight is 422 g/mol. The zero-order valence-electron chi connectivity index (χ0n) is 14.4. The molecule has 2 aromatic carbocycles. The molecular weight excluding hydrogens is 402 g/mol. The van der Waals surface area contributed by atoms with Crippen LogP contribution >= 0.6 is 15.9 Å². The van der Waals surface area contributed by atoms with Gasteiger partial charge < -0.3 is 20.6 Å². The van der Waals surface area contributed by atoms with Crippen molar-refractivity contribution in [2.24, 2.45) is 5.10 Å². The van der Waals surface area contributed by atoms with Gasteiger partial charge in [0.2, 0.25) is 0 Å². The number of nitrogens with one attached hydrogen (secondary N) is 2. The lowest BCUT2D eigenvalue weighted by molar-refractivity contribution is 0.241. The number of aromatic hydroxyl groups is 3. The van der Waals surface area contributed by atoms with E-state index in [4.69, 9.17) is 0 Å². The Hall–Kier alpha value is -2.74. The monoisotopic (exact) mass is 421 g/mol. The number of hydrogen-bond acceptors (Lipinski definition) is 5. The van der Waals surface area contributed by atoms with E-state index in [2.05, 4.69) is 31.8 Å². The van der Waals surface area contributed by atoms with Crippen molar-refractivity contribution in [2.75, 3.05) is 0 Å². The summed E-state index contributed by atoms with van der Waals surface area (Å²) in [7, 11) is 0. The van der Waals surface area contributed by atoms with Crippen molar-refractivity contribution in [2.45, 2.75) is 26.8 Å². The van der Waals surface area contributed by atoms with E-state index >= 15 is 0 Å². The van der Waals surface area contributed by atoms with Crippen LogP contribution in [-0.2, 0) is 6.54 Å². The first-order chi connectivity index (χ1) is 12.3. The quantitative estimate of drug-likeness (QED) is 0.375. The molecule has 0 aliphatic carbocycles. The summed E-state index contributed by atoms with van der Waals surface area (Å²) in [4.78, 5) is 11.9. The molecule has 0 atom stereocenters. The molecule has 0 aliphatic rings. The van der Waals surface area contributed by atoms with Crippen LogP contribution in [-0.4, -0.2) is 27.1 Å². The zero-order valence-corrected chi connectivity index (χ0v) is 16.0. The minimum absolute atomic E-state index is 0.00912. The number of benzene rings is 2. The second-order valence-electron chi connectivity index (χ2n) is 5.60. The van der Waals surface area contributed by atoms with Crippen molar-refractivity contribution in [3.8, 4) is 17.2 Å². The van der Waals surface area contributed by atoms with Crippen LogP contribution in [0.3, 0.4) is 0 Å². The third-order valence-electron chi connectivity index (χ3n) is 3.80. The fourth-order valence-electron chi connectivity index (χ4n) is 2.26. The van der Waals surface area contributed by atoms with Crippen LogP contribution in [0, 0.1) is 6.92 Å². The topological polar surface area (TPSA) is 114 Å². The third-order valence-corrected chi connectivity index (χ3v) is 4.47. The smallest absolute Gasteiger partial charge is 0.335 e. The standard InChI is InChI=1S/C18H20BrN3O4/c1-3-14(12-5-7-15(23)10(2)17(12)25)21-22-18(26)20-9-11-4-6-13(19)16(24)8-11/h4-8,23-25H,3,9H2,1-2H3,(H2,20,22,26)/b21-14+. The molecule has 0 aliphatic heterocycles. The lowest BCUT2D eigenvalue weighted by Crippen LogP contribution is -2.32. The van der Waals surface area contributed by atoms with Crippen LogP contribution < -0.4 is 10.7 Å². The number of hydrazone groups is 1. The van der Waals surface area contributed by atoms with E-state index in [9.17, 15) is 20.1 Å². The van der Waals surface area contributed by atoms with E-state index in [-0.39, 0.29) is 23.8 Å². The number of amides is 2. The summed E-state index contributed by atoms with van der Waals surface area (Å²) in [5.41, 5.74) is 4.38. The van der Waals surface area contributed by atoms with Crippen LogP contribution in [0.25, 0.3) is 0 Å². The molecule has 8 heteroatoms. The Labute approximate surface area is 159 Å². The number of phenolic OH excluding ortho intramolecular Hbond substituents is 3. The molecule has 0 aromatic heterocycles. The van der Waals surface area contributed by atoms with Gasteiger partial charge in [-0.15, -0.1) is 0 Å². The molecule has 0 saturated carbocycles. The maximum atomic E-state index is 11.9. The van der Waals surface area contributed by atoms with Gasteiger partial charge in [0.25, 0.3) is 0 Å². The van der Waals surface area contributed by atoms with Crippen LogP contribution in [0.1, 0.15) is 30.0 Å². The largest absolute Gasteiger partial charge is 0.508 e. The van der Waals surface area contributed by atoms with Crippen molar-refractivity contribution in [3.63, 3.8) is 0 Å². The predicted molar refractivity (Wildman–Crippen MR) is 103 cm³/mol. The Morgan fingerprint density at radius 3 is 2.54 bits per heavy atom. The molecule has 2 rings (SSSR count). The van der Waals surface area contributed by atoms with Gasteiger partial charge in [0.05, 0.1) is 10.2 Å². The van der Waals surface area contributed by atoms with Crippen LogP contribution in [0.15, 0.2) is 39.9 Å². The van der Waals surface area contributed by atoms with Gasteiger partial charge in [-0.2, -0.15) is 5.10 Å². The first kappa shape index (κ1) is 19.6. The summed E-state index contributed by atoms with van der Waals surface area (Å²) in [6, 6.07) is 7.49. The Morgan fingerprint density at radius 2 is 1.88 bits per heavy atom. The fraction of sp³-hybridized carbons (Fsp3) is 0.222. The van der Waals surface area contributed by atoms with E-state index in [1.165, 1.54) is 6.07 Å². The lowest BCUT2D eigenvalue weighted by atomic mass is 10.0. The molecule has 0 fully saturated rings. The van der Waals surface area contributed by atoms with Gasteiger partial charge in [0.15, 0.2) is 0 Å². The summed E-state index contributed by atoms with van der Waals surface area (Å²) in [6.07, 6.45) is 0.471. The highest BCUT2D eigenvalue weighted by molar-refractivity contribution is 9.10. The number of hydrogen-bond donors (Lipinski definition) is 5. The van der Waals surface area contributed by atoms with Crippen molar-refractivity contribution < 1.29 is 20.1 Å². The van der Waals surface area contributed by atoms with E-state index in [1.807, 2.05) is 6.92 Å². The van der Waals surface area contributed by atoms with Gasteiger partial charge >= 0.3 is 6.03 Å². The highest BCUT2D eigenvalue weighted by Crippen LogP contribution is 2.30. The van der Waals surface area contributed by atoms with Gasteiger partial charge in [0.1, 0.15) is 17.2 Å². The summed E-state index contributed by atoms with van der Waals surface area (Å²) in [6.45, 7) is 3.65. The second kappa shape index (κ2) is 8.57. The lowest BCUT2D eigenvalue weighted by Gasteiger charge is -2.11. The zero-order chi connectivity index (χ0) is 19.3. The molecule has 2 amide bonds. The molecule has 5 N–H and O–H groups in total. The molecule has 0 heterocycles. The Bertz CT molecular complexity index is 853. The molecule has 2 aromatic rings. The second-order valence-corrected chi connectivity index (χ2v) is 6.45. The molecule has 0 radical (unpaired) electrons. The van der Waals surface area contributed by atoms with E-state index in [0.717, 1.165) is 5.56 Å². The number of carbonyl (C=O) groups is 1. The van der Waals surface area contributed by atoms with Crippen molar-refractivity contribution in [1.29, 1.82) is 0 Å². The molecule has 7 nitrogen and oxygen atoms in total. The highest BCUT2D eigenvalue weighted by Gasteiger charge is 2.13. The Kier molecular flexibility index (Phi) is 6.46. The number of rotatable bonds is 5. The molecule has 0 bridgehead atoms. The first-order valence-corrected chi connectivity index (χ1v) is 8.72. The van der Waals surface area contributed by atoms with E-state index < -0.39 is 6.03 Å². The van der Waals surface area contributed by atoms with Crippen LogP contribution in [0.2, 0.25) is 0 Å². The highest BCUT2D eigenvalue weighted by atomic mass is 79.9. The number of carbonyl (C=O) groups excluding carboxylic acids is 1. The van der Waals surface area contributed by atoms with E-state index in [0.29, 0.717) is 27.7 Å². The SMILES string of the molecule is CC/C(=N\NC(=O)NCc1ccc(Br)c(O)c1)c1ccc(O)c(C)c1O. The molecule has 26 heavy (non-hydrogen) atoms. The Morgan fingerprint density at radius 1 is 1.15 bits per heavy atom. The summed E-state index contributed by atoms with van der Waals surface area (Å²) >= 11 is 3.19. The minimum Gasteiger partial charge on any atom is -0.508 e. The molecule has 138 valence electrons. The van der Waals surface area contributed by atoms with Gasteiger partial charge in [-0.1, -0.05) is 13.0 Å². The normalized spacial score (nSPS) is 11.3. The maximum absolute atomic E-state index is 11.9. The van der Waals surface area contributed by atoms with Crippen LogP contribution in [0.4, 0.5) is 4.79 Å². The van der Waals surface area contributed by atoms with Crippen molar-refractivity contribution in [3.05, 3.63) is 51.5 Å². The van der Waals surface area contributed by atoms with E-state index in [1.54, 1.807) is 31.2 Å². The van der Waals surface area contributed by atoms with Crippen molar-refractivity contribution >= 4 is 27.7 Å². The first-order valence-electron chi connectivity index (χ1n) is 7.93. The maximum Gasteiger partial charge on any atom is 0.335 e. The summed E-state index contributed by atoms with van der Waals surface area (Å²) in [5.74, 6) is 0.0116. The molecular formula is C18H20BrN3O4. The average Bonchev–Trinajstić information content (AvgIpc) is 2.62.